The summed E-state index contributed by atoms with van der Waals surface area (Å²) in [5.74, 6) is 0.824. The Morgan fingerprint density at radius 3 is 2.83 bits per heavy atom. The SMILES string of the molecule is CC(CC1CC1)NCC(=O)Nc1ccccc1Cl. The van der Waals surface area contributed by atoms with Crippen molar-refractivity contribution in [2.24, 2.45) is 5.92 Å². The highest BCUT2D eigenvalue weighted by atomic mass is 35.5. The number of amides is 1. The quantitative estimate of drug-likeness (QED) is 0.831. The highest BCUT2D eigenvalue weighted by Crippen LogP contribution is 2.33. The lowest BCUT2D eigenvalue weighted by Crippen LogP contribution is -2.34. The molecule has 2 N–H and O–H groups in total. The van der Waals surface area contributed by atoms with E-state index in [9.17, 15) is 4.79 Å². The van der Waals surface area contributed by atoms with Gasteiger partial charge in [-0.2, -0.15) is 0 Å². The molecule has 1 aromatic carbocycles. The molecule has 1 atom stereocenters. The Hall–Kier alpha value is -1.06. The van der Waals surface area contributed by atoms with Crippen molar-refractivity contribution in [3.8, 4) is 0 Å². The van der Waals surface area contributed by atoms with Crippen LogP contribution in [0.25, 0.3) is 0 Å². The van der Waals surface area contributed by atoms with E-state index in [4.69, 9.17) is 11.6 Å². The molecule has 4 heteroatoms. The van der Waals surface area contributed by atoms with Crippen LogP contribution in [0.2, 0.25) is 5.02 Å². The molecule has 18 heavy (non-hydrogen) atoms. The van der Waals surface area contributed by atoms with E-state index >= 15 is 0 Å². The van der Waals surface area contributed by atoms with Crippen LogP contribution in [0.3, 0.4) is 0 Å². The standard InChI is InChI=1S/C14H19ClN2O/c1-10(8-11-6-7-11)16-9-14(18)17-13-5-3-2-4-12(13)15/h2-5,10-11,16H,6-9H2,1H3,(H,17,18). The fraction of sp³-hybridized carbons (Fsp3) is 0.500. The Labute approximate surface area is 113 Å². The zero-order valence-corrected chi connectivity index (χ0v) is 11.3. The molecule has 0 aliphatic heterocycles. The predicted molar refractivity (Wildman–Crippen MR) is 74.9 cm³/mol. The number of rotatable bonds is 6. The largest absolute Gasteiger partial charge is 0.324 e. The number of benzene rings is 1. The number of halogens is 1. The number of hydrogen-bond acceptors (Lipinski definition) is 2. The summed E-state index contributed by atoms with van der Waals surface area (Å²) in [6.07, 6.45) is 3.86. The minimum absolute atomic E-state index is 0.0502. The van der Waals surface area contributed by atoms with Crippen LogP contribution in [-0.4, -0.2) is 18.5 Å². The van der Waals surface area contributed by atoms with E-state index in [-0.39, 0.29) is 5.91 Å². The highest BCUT2D eigenvalue weighted by molar-refractivity contribution is 6.33. The lowest BCUT2D eigenvalue weighted by Gasteiger charge is -2.13. The first kappa shape index (κ1) is 13.4. The van der Waals surface area contributed by atoms with Crippen molar-refractivity contribution >= 4 is 23.2 Å². The third-order valence-electron chi connectivity index (χ3n) is 3.14. The summed E-state index contributed by atoms with van der Waals surface area (Å²) < 4.78 is 0. The van der Waals surface area contributed by atoms with E-state index in [0.717, 1.165) is 5.92 Å². The summed E-state index contributed by atoms with van der Waals surface area (Å²) in [4.78, 5) is 11.7. The van der Waals surface area contributed by atoms with Crippen molar-refractivity contribution in [2.45, 2.75) is 32.2 Å². The van der Waals surface area contributed by atoms with Crippen molar-refractivity contribution in [2.75, 3.05) is 11.9 Å². The predicted octanol–water partition coefficient (Wildman–Crippen LogP) is 3.06. The Bertz CT molecular complexity index is 418. The van der Waals surface area contributed by atoms with Gasteiger partial charge in [0.2, 0.25) is 5.91 Å². The summed E-state index contributed by atoms with van der Waals surface area (Å²) in [6, 6.07) is 7.65. The monoisotopic (exact) mass is 266 g/mol. The van der Waals surface area contributed by atoms with Gasteiger partial charge < -0.3 is 10.6 Å². The second-order valence-corrected chi connectivity index (χ2v) is 5.40. The van der Waals surface area contributed by atoms with E-state index in [1.165, 1.54) is 19.3 Å². The van der Waals surface area contributed by atoms with Crippen molar-refractivity contribution in [3.05, 3.63) is 29.3 Å². The fourth-order valence-electron chi connectivity index (χ4n) is 1.96. The van der Waals surface area contributed by atoms with Gasteiger partial charge >= 0.3 is 0 Å². The summed E-state index contributed by atoms with van der Waals surface area (Å²) >= 11 is 5.97. The summed E-state index contributed by atoms with van der Waals surface area (Å²) in [7, 11) is 0. The van der Waals surface area contributed by atoms with Gasteiger partial charge in [0.05, 0.1) is 17.3 Å². The summed E-state index contributed by atoms with van der Waals surface area (Å²) in [5, 5.41) is 6.61. The molecular weight excluding hydrogens is 248 g/mol. The van der Waals surface area contributed by atoms with Crippen LogP contribution in [0.5, 0.6) is 0 Å². The zero-order chi connectivity index (χ0) is 13.0. The molecule has 1 aliphatic rings. The second kappa shape index (κ2) is 6.21. The minimum atomic E-state index is -0.0502. The fourth-order valence-corrected chi connectivity index (χ4v) is 2.14. The molecular formula is C14H19ClN2O. The molecule has 98 valence electrons. The van der Waals surface area contributed by atoms with E-state index in [1.54, 1.807) is 12.1 Å². The van der Waals surface area contributed by atoms with Gasteiger partial charge in [0.15, 0.2) is 0 Å². The second-order valence-electron chi connectivity index (χ2n) is 4.99. The lowest BCUT2D eigenvalue weighted by atomic mass is 10.1. The average Bonchev–Trinajstić information content (AvgIpc) is 3.13. The molecule has 1 aliphatic carbocycles. The Kier molecular flexibility index (Phi) is 4.61. The van der Waals surface area contributed by atoms with Gasteiger partial charge in [0.25, 0.3) is 0 Å². The van der Waals surface area contributed by atoms with Crippen LogP contribution in [0.4, 0.5) is 5.69 Å². The third kappa shape index (κ3) is 4.31. The van der Waals surface area contributed by atoms with Gasteiger partial charge in [-0.3, -0.25) is 4.79 Å². The highest BCUT2D eigenvalue weighted by Gasteiger charge is 2.23. The first-order valence-corrected chi connectivity index (χ1v) is 6.80. The molecule has 0 radical (unpaired) electrons. The first-order valence-electron chi connectivity index (χ1n) is 6.43. The minimum Gasteiger partial charge on any atom is -0.324 e. The Morgan fingerprint density at radius 2 is 2.17 bits per heavy atom. The van der Waals surface area contributed by atoms with Crippen molar-refractivity contribution < 1.29 is 4.79 Å². The molecule has 1 saturated carbocycles. The van der Waals surface area contributed by atoms with Gasteiger partial charge in [-0.1, -0.05) is 36.6 Å². The third-order valence-corrected chi connectivity index (χ3v) is 3.47. The van der Waals surface area contributed by atoms with Crippen molar-refractivity contribution in [1.82, 2.24) is 5.32 Å². The topological polar surface area (TPSA) is 41.1 Å². The molecule has 0 heterocycles. The molecule has 0 spiro atoms. The number of carbonyl (C=O) groups excluding carboxylic acids is 1. The van der Waals surface area contributed by atoms with Crippen molar-refractivity contribution in [1.29, 1.82) is 0 Å². The maximum atomic E-state index is 11.7. The van der Waals surface area contributed by atoms with E-state index in [1.807, 2.05) is 12.1 Å². The van der Waals surface area contributed by atoms with Crippen LogP contribution < -0.4 is 10.6 Å². The average molecular weight is 267 g/mol. The Balaban J connectivity index is 1.73. The number of nitrogens with one attached hydrogen (secondary N) is 2. The van der Waals surface area contributed by atoms with Crippen LogP contribution in [-0.2, 0) is 4.79 Å². The molecule has 0 bridgehead atoms. The molecule has 3 nitrogen and oxygen atoms in total. The van der Waals surface area contributed by atoms with Gasteiger partial charge in [0.1, 0.15) is 0 Å². The first-order chi connectivity index (χ1) is 8.65. The molecule has 1 amide bonds. The molecule has 1 unspecified atom stereocenters. The molecule has 1 aromatic rings. The molecule has 0 saturated heterocycles. The summed E-state index contributed by atoms with van der Waals surface area (Å²) in [6.45, 7) is 2.46. The maximum absolute atomic E-state index is 11.7. The number of hydrogen-bond donors (Lipinski definition) is 2. The van der Waals surface area contributed by atoms with E-state index < -0.39 is 0 Å². The smallest absolute Gasteiger partial charge is 0.238 e. The van der Waals surface area contributed by atoms with Gasteiger partial charge in [-0.25, -0.2) is 0 Å². The number of para-hydroxylation sites is 1. The van der Waals surface area contributed by atoms with E-state index in [0.29, 0.717) is 23.3 Å². The van der Waals surface area contributed by atoms with Crippen LogP contribution >= 0.6 is 11.6 Å². The number of anilines is 1. The van der Waals surface area contributed by atoms with Gasteiger partial charge in [-0.05, 0) is 31.4 Å². The molecule has 1 fully saturated rings. The van der Waals surface area contributed by atoms with Crippen molar-refractivity contribution in [3.63, 3.8) is 0 Å². The zero-order valence-electron chi connectivity index (χ0n) is 10.6. The maximum Gasteiger partial charge on any atom is 0.238 e. The van der Waals surface area contributed by atoms with Crippen LogP contribution in [0.15, 0.2) is 24.3 Å². The number of carbonyl (C=O) groups is 1. The lowest BCUT2D eigenvalue weighted by molar-refractivity contribution is -0.115. The van der Waals surface area contributed by atoms with Crippen LogP contribution in [0, 0.1) is 5.92 Å². The normalized spacial score (nSPS) is 16.3. The van der Waals surface area contributed by atoms with E-state index in [2.05, 4.69) is 17.6 Å². The van der Waals surface area contributed by atoms with Crippen LogP contribution in [0.1, 0.15) is 26.2 Å². The molecule has 2 rings (SSSR count). The van der Waals surface area contributed by atoms with Gasteiger partial charge in [-0.15, -0.1) is 0 Å². The Morgan fingerprint density at radius 1 is 1.44 bits per heavy atom. The van der Waals surface area contributed by atoms with Gasteiger partial charge in [0, 0.05) is 6.04 Å². The molecule has 0 aromatic heterocycles. The summed E-state index contributed by atoms with van der Waals surface area (Å²) in [5.41, 5.74) is 0.667.